The van der Waals surface area contributed by atoms with Crippen molar-refractivity contribution in [3.05, 3.63) is 49.3 Å². The van der Waals surface area contributed by atoms with E-state index in [9.17, 15) is 4.39 Å². The molecule has 0 bridgehead atoms. The van der Waals surface area contributed by atoms with Crippen LogP contribution in [0.5, 0.6) is 5.75 Å². The van der Waals surface area contributed by atoms with Gasteiger partial charge in [0.05, 0.1) is 4.88 Å². The first-order valence-electron chi connectivity index (χ1n) is 4.46. The first-order valence-corrected chi connectivity index (χ1v) is 6.93. The molecule has 1 heterocycles. The van der Waals surface area contributed by atoms with Gasteiger partial charge in [-0.2, -0.15) is 0 Å². The monoisotopic (exact) mass is 364 g/mol. The van der Waals surface area contributed by atoms with Gasteiger partial charge >= 0.3 is 0 Å². The highest BCUT2D eigenvalue weighted by Crippen LogP contribution is 2.27. The standard InChI is InChI=1S/C11H7Br2FOS/c12-7-1-2-9(14)10(5-7)15-6-11-8(13)3-4-16-11/h1-5H,6H2. The Bertz CT molecular complexity index is 498. The van der Waals surface area contributed by atoms with Crippen molar-refractivity contribution >= 4 is 43.2 Å². The first kappa shape index (κ1) is 12.1. The average Bonchev–Trinajstić information content (AvgIpc) is 2.66. The second-order valence-electron chi connectivity index (χ2n) is 3.06. The lowest BCUT2D eigenvalue weighted by molar-refractivity contribution is 0.293. The van der Waals surface area contributed by atoms with Crippen molar-refractivity contribution in [3.63, 3.8) is 0 Å². The van der Waals surface area contributed by atoms with Crippen LogP contribution in [0.3, 0.4) is 0 Å². The van der Waals surface area contributed by atoms with Crippen molar-refractivity contribution in [2.45, 2.75) is 6.61 Å². The van der Waals surface area contributed by atoms with Crippen molar-refractivity contribution < 1.29 is 9.13 Å². The highest BCUT2D eigenvalue weighted by atomic mass is 79.9. The molecule has 0 atom stereocenters. The highest BCUT2D eigenvalue weighted by Gasteiger charge is 2.06. The molecule has 1 aromatic carbocycles. The van der Waals surface area contributed by atoms with E-state index in [1.807, 2.05) is 11.4 Å². The Labute approximate surface area is 114 Å². The Kier molecular flexibility index (Phi) is 4.00. The minimum atomic E-state index is -0.351. The molecule has 2 aromatic rings. The summed E-state index contributed by atoms with van der Waals surface area (Å²) >= 11 is 8.25. The van der Waals surface area contributed by atoms with Gasteiger partial charge in [0.15, 0.2) is 11.6 Å². The summed E-state index contributed by atoms with van der Waals surface area (Å²) in [6, 6.07) is 6.59. The zero-order chi connectivity index (χ0) is 11.5. The molecular formula is C11H7Br2FOS. The van der Waals surface area contributed by atoms with Crippen molar-refractivity contribution in [2.24, 2.45) is 0 Å². The first-order chi connectivity index (χ1) is 7.66. The maximum absolute atomic E-state index is 13.3. The van der Waals surface area contributed by atoms with Crippen LogP contribution in [0.2, 0.25) is 0 Å². The number of hydrogen-bond donors (Lipinski definition) is 0. The van der Waals surface area contributed by atoms with Gasteiger partial charge in [-0.25, -0.2) is 4.39 Å². The van der Waals surface area contributed by atoms with Gasteiger partial charge < -0.3 is 4.74 Å². The zero-order valence-electron chi connectivity index (χ0n) is 8.04. The molecule has 1 aromatic heterocycles. The number of halogens is 3. The van der Waals surface area contributed by atoms with Gasteiger partial charge in [0, 0.05) is 8.95 Å². The molecule has 5 heteroatoms. The summed E-state index contributed by atoms with van der Waals surface area (Å²) in [6.07, 6.45) is 0. The quantitative estimate of drug-likeness (QED) is 0.744. The minimum absolute atomic E-state index is 0.259. The van der Waals surface area contributed by atoms with Gasteiger partial charge in [-0.05, 0) is 45.6 Å². The Morgan fingerprint density at radius 2 is 2.06 bits per heavy atom. The summed E-state index contributed by atoms with van der Waals surface area (Å²) in [7, 11) is 0. The highest BCUT2D eigenvalue weighted by molar-refractivity contribution is 9.10. The molecule has 0 aliphatic heterocycles. The summed E-state index contributed by atoms with van der Waals surface area (Å²) in [4.78, 5) is 1.04. The zero-order valence-corrected chi connectivity index (χ0v) is 12.0. The maximum atomic E-state index is 13.3. The predicted octanol–water partition coefficient (Wildman–Crippen LogP) is 4.99. The van der Waals surface area contributed by atoms with E-state index in [2.05, 4.69) is 31.9 Å². The van der Waals surface area contributed by atoms with Crippen molar-refractivity contribution in [2.75, 3.05) is 0 Å². The van der Waals surface area contributed by atoms with E-state index in [0.29, 0.717) is 6.61 Å². The van der Waals surface area contributed by atoms with E-state index in [-0.39, 0.29) is 11.6 Å². The number of benzene rings is 1. The van der Waals surface area contributed by atoms with E-state index in [1.165, 1.54) is 6.07 Å². The lowest BCUT2D eigenvalue weighted by Gasteiger charge is -2.06. The Hall–Kier alpha value is -0.390. The Morgan fingerprint density at radius 3 is 2.75 bits per heavy atom. The van der Waals surface area contributed by atoms with Gasteiger partial charge in [-0.1, -0.05) is 15.9 Å². The normalized spacial score (nSPS) is 10.4. The topological polar surface area (TPSA) is 9.23 Å². The van der Waals surface area contributed by atoms with E-state index >= 15 is 0 Å². The van der Waals surface area contributed by atoms with E-state index < -0.39 is 0 Å². The number of rotatable bonds is 3. The van der Waals surface area contributed by atoms with E-state index in [4.69, 9.17) is 4.74 Å². The fourth-order valence-electron chi connectivity index (χ4n) is 1.16. The third kappa shape index (κ3) is 2.84. The third-order valence-corrected chi connectivity index (χ3v) is 4.34. The fraction of sp³-hybridized carbons (Fsp3) is 0.0909. The molecule has 0 saturated heterocycles. The molecule has 16 heavy (non-hydrogen) atoms. The van der Waals surface area contributed by atoms with Gasteiger partial charge in [-0.3, -0.25) is 0 Å². The molecule has 1 nitrogen and oxygen atoms in total. The van der Waals surface area contributed by atoms with Crippen LogP contribution < -0.4 is 4.74 Å². The molecule has 0 N–H and O–H groups in total. The molecule has 0 amide bonds. The summed E-state index contributed by atoms with van der Waals surface area (Å²) in [5.74, 6) is -0.0921. The smallest absolute Gasteiger partial charge is 0.165 e. The summed E-state index contributed by atoms with van der Waals surface area (Å²) in [5.41, 5.74) is 0. The average molecular weight is 366 g/mol. The summed E-state index contributed by atoms with van der Waals surface area (Å²) in [6.45, 7) is 0.367. The molecule has 0 radical (unpaired) electrons. The number of thiophene rings is 1. The predicted molar refractivity (Wildman–Crippen MR) is 70.5 cm³/mol. The SMILES string of the molecule is Fc1ccc(Br)cc1OCc1sccc1Br. The number of hydrogen-bond acceptors (Lipinski definition) is 2. The lowest BCUT2D eigenvalue weighted by atomic mass is 10.3. The van der Waals surface area contributed by atoms with Crippen molar-refractivity contribution in [1.29, 1.82) is 0 Å². The van der Waals surface area contributed by atoms with Crippen LogP contribution in [-0.2, 0) is 6.61 Å². The van der Waals surface area contributed by atoms with Gasteiger partial charge in [-0.15, -0.1) is 11.3 Å². The molecule has 2 rings (SSSR count). The van der Waals surface area contributed by atoms with Gasteiger partial charge in [0.25, 0.3) is 0 Å². The van der Waals surface area contributed by atoms with E-state index in [0.717, 1.165) is 13.8 Å². The molecule has 0 aliphatic carbocycles. The van der Waals surface area contributed by atoms with Gasteiger partial charge in [0.2, 0.25) is 0 Å². The second-order valence-corrected chi connectivity index (χ2v) is 5.83. The van der Waals surface area contributed by atoms with E-state index in [1.54, 1.807) is 23.5 Å². The molecule has 84 valence electrons. The lowest BCUT2D eigenvalue weighted by Crippen LogP contribution is -1.95. The van der Waals surface area contributed by atoms with Crippen molar-refractivity contribution in [1.82, 2.24) is 0 Å². The third-order valence-electron chi connectivity index (χ3n) is 1.94. The van der Waals surface area contributed by atoms with Crippen LogP contribution in [0.15, 0.2) is 38.6 Å². The minimum Gasteiger partial charge on any atom is -0.485 e. The fourth-order valence-corrected chi connectivity index (χ4v) is 2.88. The Balaban J connectivity index is 2.10. The number of ether oxygens (including phenoxy) is 1. The van der Waals surface area contributed by atoms with Crippen LogP contribution in [0.1, 0.15) is 4.88 Å². The Morgan fingerprint density at radius 1 is 1.25 bits per heavy atom. The molecule has 0 saturated carbocycles. The van der Waals surface area contributed by atoms with Crippen LogP contribution in [-0.4, -0.2) is 0 Å². The van der Waals surface area contributed by atoms with Gasteiger partial charge in [0.1, 0.15) is 6.61 Å². The van der Waals surface area contributed by atoms with Crippen LogP contribution >= 0.6 is 43.2 Å². The summed E-state index contributed by atoms with van der Waals surface area (Å²) in [5, 5.41) is 1.96. The molecular weight excluding hydrogens is 359 g/mol. The maximum Gasteiger partial charge on any atom is 0.165 e. The second kappa shape index (κ2) is 5.29. The molecule has 0 spiro atoms. The van der Waals surface area contributed by atoms with Crippen LogP contribution in [0, 0.1) is 5.82 Å². The van der Waals surface area contributed by atoms with Crippen molar-refractivity contribution in [3.8, 4) is 5.75 Å². The largest absolute Gasteiger partial charge is 0.485 e. The van der Waals surface area contributed by atoms with Crippen LogP contribution in [0.4, 0.5) is 4.39 Å². The van der Waals surface area contributed by atoms with Crippen LogP contribution in [0.25, 0.3) is 0 Å². The molecule has 0 unspecified atom stereocenters. The molecule has 0 fully saturated rings. The summed E-state index contributed by atoms with van der Waals surface area (Å²) < 4.78 is 20.6. The molecule has 0 aliphatic rings.